The van der Waals surface area contributed by atoms with Crippen molar-refractivity contribution in [1.29, 1.82) is 0 Å². The van der Waals surface area contributed by atoms with E-state index in [4.69, 9.17) is 5.11 Å². The van der Waals surface area contributed by atoms with Gasteiger partial charge in [0.2, 0.25) is 0 Å². The number of aryl methyl sites for hydroxylation is 1. The summed E-state index contributed by atoms with van der Waals surface area (Å²) in [5.74, 6) is 0.627. The third kappa shape index (κ3) is 5.95. The van der Waals surface area contributed by atoms with Gasteiger partial charge in [0.05, 0.1) is 0 Å². The molecule has 1 aliphatic carbocycles. The van der Waals surface area contributed by atoms with Crippen molar-refractivity contribution >= 4 is 6.08 Å². The Labute approximate surface area is 139 Å². The summed E-state index contributed by atoms with van der Waals surface area (Å²) in [6, 6.07) is 5.59. The summed E-state index contributed by atoms with van der Waals surface area (Å²) >= 11 is 0. The predicted octanol–water partition coefficient (Wildman–Crippen LogP) is 5.54. The maximum absolute atomic E-state index is 14.1. The second-order valence-corrected chi connectivity index (χ2v) is 6.59. The van der Waals surface area contributed by atoms with Crippen LogP contribution >= 0.6 is 0 Å². The Hall–Kier alpha value is -1.41. The molecule has 0 aliphatic heterocycles. The minimum atomic E-state index is -0.0804. The van der Waals surface area contributed by atoms with Gasteiger partial charge in [-0.3, -0.25) is 0 Å². The molecule has 126 valence electrons. The average molecular weight is 316 g/mol. The van der Waals surface area contributed by atoms with Crippen molar-refractivity contribution < 1.29 is 9.50 Å². The third-order valence-electron chi connectivity index (χ3n) is 4.65. The molecule has 0 radical (unpaired) electrons. The Morgan fingerprint density at radius 2 is 2.04 bits per heavy atom. The Morgan fingerprint density at radius 3 is 2.70 bits per heavy atom. The van der Waals surface area contributed by atoms with E-state index < -0.39 is 0 Å². The summed E-state index contributed by atoms with van der Waals surface area (Å²) in [5.41, 5.74) is 1.76. The fourth-order valence-corrected chi connectivity index (χ4v) is 3.06. The molecule has 1 aliphatic rings. The Kier molecular flexibility index (Phi) is 7.54. The molecular formula is C21H29FO. The van der Waals surface area contributed by atoms with Crippen LogP contribution in [0, 0.1) is 17.7 Å². The van der Waals surface area contributed by atoms with Crippen molar-refractivity contribution in [2.75, 3.05) is 6.61 Å². The zero-order valence-corrected chi connectivity index (χ0v) is 14.2. The molecular weight excluding hydrogens is 287 g/mol. The van der Waals surface area contributed by atoms with E-state index in [9.17, 15) is 4.39 Å². The Balaban J connectivity index is 1.88. The number of hydrogen-bond acceptors (Lipinski definition) is 1. The topological polar surface area (TPSA) is 20.2 Å². The van der Waals surface area contributed by atoms with Gasteiger partial charge in [-0.2, -0.15) is 0 Å². The molecule has 0 bridgehead atoms. The third-order valence-corrected chi connectivity index (χ3v) is 4.65. The highest BCUT2D eigenvalue weighted by molar-refractivity contribution is 5.50. The average Bonchev–Trinajstić information content (AvgIpc) is 2.59. The van der Waals surface area contributed by atoms with E-state index >= 15 is 0 Å². The molecule has 0 aromatic heterocycles. The molecule has 23 heavy (non-hydrogen) atoms. The number of hydrogen-bond donors (Lipinski definition) is 1. The minimum Gasteiger partial charge on any atom is -0.396 e. The lowest BCUT2D eigenvalue weighted by molar-refractivity contribution is 0.238. The number of halogens is 1. The summed E-state index contributed by atoms with van der Waals surface area (Å²) in [6.07, 6.45) is 16.0. The van der Waals surface area contributed by atoms with Gasteiger partial charge in [0.15, 0.2) is 0 Å². The van der Waals surface area contributed by atoms with Crippen LogP contribution in [0.15, 0.2) is 36.4 Å². The van der Waals surface area contributed by atoms with Gasteiger partial charge in [-0.05, 0) is 54.7 Å². The molecule has 0 spiro atoms. The van der Waals surface area contributed by atoms with Gasteiger partial charge in [-0.25, -0.2) is 4.39 Å². The van der Waals surface area contributed by atoms with Crippen molar-refractivity contribution in [3.05, 3.63) is 53.4 Å². The highest BCUT2D eigenvalue weighted by Crippen LogP contribution is 2.24. The van der Waals surface area contributed by atoms with Gasteiger partial charge >= 0.3 is 0 Å². The predicted molar refractivity (Wildman–Crippen MR) is 95.7 cm³/mol. The van der Waals surface area contributed by atoms with E-state index in [2.05, 4.69) is 25.2 Å². The van der Waals surface area contributed by atoms with Crippen LogP contribution in [0.1, 0.15) is 56.6 Å². The van der Waals surface area contributed by atoms with E-state index in [1.807, 2.05) is 18.2 Å². The van der Waals surface area contributed by atoms with Crippen LogP contribution in [0.2, 0.25) is 0 Å². The zero-order chi connectivity index (χ0) is 16.5. The van der Waals surface area contributed by atoms with E-state index in [1.165, 1.54) is 19.3 Å². The number of aliphatic hydroxyl groups excluding tert-OH is 1. The molecule has 2 rings (SSSR count). The van der Waals surface area contributed by atoms with E-state index in [-0.39, 0.29) is 12.4 Å². The molecule has 2 unspecified atom stereocenters. The van der Waals surface area contributed by atoms with Crippen LogP contribution < -0.4 is 0 Å². The van der Waals surface area contributed by atoms with Crippen molar-refractivity contribution in [3.8, 4) is 0 Å². The quantitative estimate of drug-likeness (QED) is 0.493. The van der Waals surface area contributed by atoms with Crippen LogP contribution in [0.25, 0.3) is 6.08 Å². The van der Waals surface area contributed by atoms with E-state index in [0.717, 1.165) is 36.8 Å². The molecule has 0 saturated heterocycles. The lowest BCUT2D eigenvalue weighted by atomic mass is 9.88. The number of rotatable bonds is 8. The molecule has 1 N–H and O–H groups in total. The van der Waals surface area contributed by atoms with Gasteiger partial charge in [0, 0.05) is 6.61 Å². The van der Waals surface area contributed by atoms with Crippen molar-refractivity contribution in [1.82, 2.24) is 0 Å². The van der Waals surface area contributed by atoms with Crippen LogP contribution in [0.5, 0.6) is 0 Å². The monoisotopic (exact) mass is 316 g/mol. The number of benzene rings is 1. The Bertz CT molecular complexity index is 533. The lowest BCUT2D eigenvalue weighted by Crippen LogP contribution is -2.10. The minimum absolute atomic E-state index is 0.0804. The first-order valence-electron chi connectivity index (χ1n) is 8.98. The molecule has 0 fully saturated rings. The van der Waals surface area contributed by atoms with Crippen LogP contribution in [0.4, 0.5) is 4.39 Å². The largest absolute Gasteiger partial charge is 0.396 e. The van der Waals surface area contributed by atoms with Gasteiger partial charge < -0.3 is 5.11 Å². The smallest absolute Gasteiger partial charge is 0.126 e. The first kappa shape index (κ1) is 17.9. The molecule has 2 atom stereocenters. The fraction of sp³-hybridized carbons (Fsp3) is 0.524. The first-order valence-corrected chi connectivity index (χ1v) is 8.98. The summed E-state index contributed by atoms with van der Waals surface area (Å²) in [4.78, 5) is 0. The summed E-state index contributed by atoms with van der Waals surface area (Å²) < 4.78 is 14.1. The SMILES string of the molecule is CCCCCCc1ccc(/C=C/C2C=CC(CO)CC2)cc1F. The summed E-state index contributed by atoms with van der Waals surface area (Å²) in [5, 5.41) is 9.12. The van der Waals surface area contributed by atoms with Crippen LogP contribution in [-0.4, -0.2) is 11.7 Å². The summed E-state index contributed by atoms with van der Waals surface area (Å²) in [6.45, 7) is 2.42. The normalized spacial score (nSPS) is 21.2. The van der Waals surface area contributed by atoms with Crippen molar-refractivity contribution in [2.24, 2.45) is 11.8 Å². The zero-order valence-electron chi connectivity index (χ0n) is 14.2. The van der Waals surface area contributed by atoms with E-state index in [1.54, 1.807) is 6.07 Å². The maximum atomic E-state index is 14.1. The maximum Gasteiger partial charge on any atom is 0.126 e. The van der Waals surface area contributed by atoms with Gasteiger partial charge in [-0.1, -0.05) is 62.6 Å². The fourth-order valence-electron chi connectivity index (χ4n) is 3.06. The van der Waals surface area contributed by atoms with Gasteiger partial charge in [-0.15, -0.1) is 0 Å². The Morgan fingerprint density at radius 1 is 1.17 bits per heavy atom. The molecule has 1 nitrogen and oxygen atoms in total. The van der Waals surface area contributed by atoms with Crippen molar-refractivity contribution in [3.63, 3.8) is 0 Å². The summed E-state index contributed by atoms with van der Waals surface area (Å²) in [7, 11) is 0. The number of unbranched alkanes of at least 4 members (excludes halogenated alkanes) is 3. The molecule has 0 heterocycles. The van der Waals surface area contributed by atoms with Crippen LogP contribution in [0.3, 0.4) is 0 Å². The molecule has 1 aromatic rings. The molecule has 0 saturated carbocycles. The standard InChI is InChI=1S/C21H29FO/c1-2-3-4-5-6-20-14-13-18(15-21(20)22)10-7-17-8-11-19(16-23)12-9-17/h7-8,10-11,13-15,17,19,23H,2-6,9,12,16H2,1H3/b10-7+. The first-order chi connectivity index (χ1) is 11.2. The molecule has 1 aromatic carbocycles. The molecule has 0 amide bonds. The van der Waals surface area contributed by atoms with E-state index in [0.29, 0.717) is 11.8 Å². The highest BCUT2D eigenvalue weighted by Gasteiger charge is 2.12. The van der Waals surface area contributed by atoms with Crippen molar-refractivity contribution in [2.45, 2.75) is 51.9 Å². The van der Waals surface area contributed by atoms with Gasteiger partial charge in [0.25, 0.3) is 0 Å². The number of allylic oxidation sites excluding steroid dienone is 2. The second-order valence-electron chi connectivity index (χ2n) is 6.59. The molecule has 2 heteroatoms. The second kappa shape index (κ2) is 9.67. The number of aliphatic hydroxyl groups is 1. The lowest BCUT2D eigenvalue weighted by Gasteiger charge is -2.18. The van der Waals surface area contributed by atoms with Gasteiger partial charge in [0.1, 0.15) is 5.82 Å². The highest BCUT2D eigenvalue weighted by atomic mass is 19.1. The van der Waals surface area contributed by atoms with Crippen LogP contribution in [-0.2, 0) is 6.42 Å².